The number of anilines is 5. The molecule has 0 atom stereocenters. The monoisotopic (exact) mass is 1620 g/mol. The third-order valence-electron chi connectivity index (χ3n) is 21.5. The van der Waals surface area contributed by atoms with Crippen LogP contribution in [-0.4, -0.2) is 17.2 Å². The quantitative estimate of drug-likeness (QED) is 0.0935. The molecule has 0 aliphatic heterocycles. The van der Waals surface area contributed by atoms with Crippen molar-refractivity contribution in [1.82, 2.24) is 0 Å². The van der Waals surface area contributed by atoms with Gasteiger partial charge in [-0.1, -0.05) is 342 Å². The van der Waals surface area contributed by atoms with E-state index in [1.54, 1.807) is 24.3 Å². The zero-order valence-corrected chi connectivity index (χ0v) is 67.0. The maximum Gasteiger partial charge on any atom is 0.488 e. The normalized spacial score (nSPS) is 11.1. The van der Waals surface area contributed by atoms with Gasteiger partial charge in [-0.05, 0) is 242 Å². The van der Waals surface area contributed by atoms with Crippen LogP contribution >= 0.6 is 39.1 Å². The maximum atomic E-state index is 8.58. The third-order valence-corrected chi connectivity index (χ3v) is 22.6. The lowest BCUT2D eigenvalue weighted by Gasteiger charge is -2.26. The van der Waals surface area contributed by atoms with Gasteiger partial charge in [0.1, 0.15) is 22.3 Å². The molecule has 0 saturated heterocycles. The van der Waals surface area contributed by atoms with Gasteiger partial charge in [0.15, 0.2) is 0 Å². The Balaban J connectivity index is 0.000000112. The van der Waals surface area contributed by atoms with Crippen molar-refractivity contribution in [3.63, 3.8) is 0 Å². The molecule has 20 aromatic carbocycles. The summed E-state index contributed by atoms with van der Waals surface area (Å²) in [5.41, 5.74) is 19.3. The van der Waals surface area contributed by atoms with E-state index in [-0.39, 0.29) is 0 Å². The van der Waals surface area contributed by atoms with E-state index in [0.717, 1.165) is 92.2 Å². The summed E-state index contributed by atoms with van der Waals surface area (Å²) >= 11 is 15.8. The van der Waals surface area contributed by atoms with Gasteiger partial charge in [0, 0.05) is 64.5 Å². The molecule has 10 heteroatoms. The Morgan fingerprint density at radius 1 is 0.246 bits per heavy atom. The number of hydrogen-bond donors (Lipinski definition) is 3. The van der Waals surface area contributed by atoms with Gasteiger partial charge in [0.25, 0.3) is 0 Å². The predicted molar refractivity (Wildman–Crippen MR) is 505 cm³/mol. The Hall–Kier alpha value is -13.8. The van der Waals surface area contributed by atoms with Crippen LogP contribution in [0.5, 0.6) is 0 Å². The Labute approximate surface area is 702 Å². The molecule has 0 amide bonds. The van der Waals surface area contributed by atoms with E-state index in [2.05, 4.69) is 360 Å². The molecule has 2 heterocycles. The summed E-state index contributed by atoms with van der Waals surface area (Å²) in [6.07, 6.45) is 0. The molecule has 0 spiro atoms. The minimum atomic E-state index is -1.34. The highest BCUT2D eigenvalue weighted by molar-refractivity contribution is 9.10. The van der Waals surface area contributed by atoms with Crippen molar-refractivity contribution in [3.8, 4) is 44.5 Å². The number of para-hydroxylation sites is 2. The molecule has 3 N–H and O–H groups in total. The molecule has 22 aromatic rings. The molecule has 0 radical (unpaired) electrons. The van der Waals surface area contributed by atoms with E-state index in [1.807, 2.05) is 72.8 Å². The molecule has 22 rings (SSSR count). The summed E-state index contributed by atoms with van der Waals surface area (Å²) in [7, 11) is -1.34. The summed E-state index contributed by atoms with van der Waals surface area (Å²) in [6.45, 7) is 0. The maximum absolute atomic E-state index is 8.58. The Bertz CT molecular complexity index is 7340. The van der Waals surface area contributed by atoms with E-state index >= 15 is 0 Å². The van der Waals surface area contributed by atoms with Crippen molar-refractivity contribution in [1.29, 1.82) is 0 Å². The van der Waals surface area contributed by atoms with Gasteiger partial charge in [0.2, 0.25) is 0 Å². The molecular weight excluding hydrogens is 1550 g/mol. The highest BCUT2D eigenvalue weighted by Gasteiger charge is 2.20. The van der Waals surface area contributed by atoms with Crippen molar-refractivity contribution in [3.05, 3.63) is 445 Å². The van der Waals surface area contributed by atoms with E-state index in [0.29, 0.717) is 5.46 Å². The zero-order valence-electron chi connectivity index (χ0n) is 63.9. The number of nitrogens with zero attached hydrogens (tertiary/aromatic N) is 1. The molecule has 2 aromatic heterocycles. The molecule has 0 aliphatic carbocycles. The second-order valence-corrected chi connectivity index (χ2v) is 30.6. The molecule has 0 bridgehead atoms. The van der Waals surface area contributed by atoms with Crippen molar-refractivity contribution < 1.29 is 18.9 Å². The minimum Gasteiger partial charge on any atom is -0.456 e. The SMILES string of the molecule is Clc1ccc2c(c1)c(-c1ccccc1)cc1ccccc12.Clc1ccc2c(c1)c(Br)cc1ccccc12.OB(O)c1ccccc1.c1ccc(-c2ccc(N(c3ccc4c(c3)c(-c3ccccc3)cc3ccccc34)c3ccc4oc5ccccc5c4c3)cc2)cc1.c1ccc(-c2ccc(Nc3ccc4oc5ccccc5c4c3)cc2)cc1. The number of fused-ring (bicyclic) bond motifs is 15. The van der Waals surface area contributed by atoms with Gasteiger partial charge >= 0.3 is 7.12 Å². The van der Waals surface area contributed by atoms with E-state index < -0.39 is 7.12 Å². The van der Waals surface area contributed by atoms with Crippen LogP contribution in [0.25, 0.3) is 153 Å². The summed E-state index contributed by atoms with van der Waals surface area (Å²) in [5.74, 6) is 0. The van der Waals surface area contributed by atoms with Crippen LogP contribution in [0, 0.1) is 0 Å². The summed E-state index contributed by atoms with van der Waals surface area (Å²) in [6, 6.07) is 149. The second-order valence-electron chi connectivity index (χ2n) is 28.9. The topological polar surface area (TPSA) is 82.0 Å². The average molecular weight is 1630 g/mol. The minimum absolute atomic E-state index is 0.525. The van der Waals surface area contributed by atoms with E-state index in [9.17, 15) is 0 Å². The van der Waals surface area contributed by atoms with E-state index in [1.165, 1.54) is 104 Å². The fourth-order valence-corrected chi connectivity index (χ4v) is 16.7. The number of nitrogens with one attached hydrogen (secondary N) is 1. The molecule has 0 saturated carbocycles. The second kappa shape index (κ2) is 34.3. The van der Waals surface area contributed by atoms with Crippen LogP contribution in [0.2, 0.25) is 10.0 Å². The van der Waals surface area contributed by atoms with Crippen molar-refractivity contribution in [2.45, 2.75) is 0 Å². The van der Waals surface area contributed by atoms with Gasteiger partial charge in [-0.25, -0.2) is 0 Å². The Kier molecular flexibility index (Phi) is 22.0. The number of rotatable bonds is 10. The highest BCUT2D eigenvalue weighted by Crippen LogP contribution is 2.45. The molecule has 0 unspecified atom stereocenters. The Morgan fingerprint density at radius 3 is 1.08 bits per heavy atom. The average Bonchev–Trinajstić information content (AvgIpc) is 1.44. The summed E-state index contributed by atoms with van der Waals surface area (Å²) < 4.78 is 13.2. The molecule has 0 fully saturated rings. The van der Waals surface area contributed by atoms with Gasteiger partial charge in [0.05, 0.1) is 0 Å². The van der Waals surface area contributed by atoms with Gasteiger partial charge in [-0.2, -0.15) is 0 Å². The number of hydrogen-bond acceptors (Lipinski definition) is 6. The molecule has 118 heavy (non-hydrogen) atoms. The van der Waals surface area contributed by atoms with Crippen LogP contribution in [0.4, 0.5) is 28.4 Å². The van der Waals surface area contributed by atoms with Gasteiger partial charge in [-0.3, -0.25) is 0 Å². The predicted octanol–water partition coefficient (Wildman–Crippen LogP) is 30.8. The van der Waals surface area contributed by atoms with Crippen LogP contribution in [-0.2, 0) is 0 Å². The lowest BCUT2D eigenvalue weighted by Crippen LogP contribution is -2.29. The largest absolute Gasteiger partial charge is 0.488 e. The van der Waals surface area contributed by atoms with Crippen molar-refractivity contribution in [2.24, 2.45) is 0 Å². The van der Waals surface area contributed by atoms with Gasteiger partial charge < -0.3 is 29.1 Å². The zero-order chi connectivity index (χ0) is 79.8. The first-order chi connectivity index (χ1) is 58.0. The van der Waals surface area contributed by atoms with Crippen LogP contribution in [0.15, 0.2) is 444 Å². The van der Waals surface area contributed by atoms with E-state index in [4.69, 9.17) is 42.1 Å². The first-order valence-electron chi connectivity index (χ1n) is 39.1. The number of furan rings is 2. The summed E-state index contributed by atoms with van der Waals surface area (Å²) in [4.78, 5) is 2.36. The molecular formula is C108H74BBrCl2N2O4. The first kappa shape index (κ1) is 75.6. The number of halogens is 3. The smallest absolute Gasteiger partial charge is 0.456 e. The fourth-order valence-electron chi connectivity index (χ4n) is 15.8. The van der Waals surface area contributed by atoms with Crippen molar-refractivity contribution >= 4 is 189 Å². The highest BCUT2D eigenvalue weighted by atomic mass is 79.9. The van der Waals surface area contributed by atoms with Crippen LogP contribution in [0.1, 0.15) is 0 Å². The third kappa shape index (κ3) is 16.2. The van der Waals surface area contributed by atoms with Crippen molar-refractivity contribution in [2.75, 3.05) is 10.2 Å². The Morgan fingerprint density at radius 2 is 0.585 bits per heavy atom. The standard InChI is InChI=1S/C44H29NO.C24H17NO.C20H13Cl.C14H8BrCl.C6H7BO2/c1-3-11-30(12-4-1)31-19-21-34(22-20-31)45(36-24-26-44-42(29-36)39-17-9-10-18-43(39)46-44)35-23-25-38-37-16-8-7-15-33(37)27-40(41(38)28-35)32-13-5-2-6-14-32;1-2-6-17(7-3-1)18-10-12-19(13-11-18)25-20-14-15-24-22(16-20)21-8-4-5-9-23(21)26-24;21-16-10-11-18-17-9-5-4-8-15(17)12-19(20(18)13-16)14-6-2-1-3-7-14;15-14-7-9-3-1-2-4-11(9)12-6-5-10(16)8-13(12)14;8-7(9)6-4-2-1-3-5-6/h1-29H;1-16,25H;1-13H;1-8H;1-5,8-9H. The lowest BCUT2D eigenvalue weighted by atomic mass is 9.81. The first-order valence-corrected chi connectivity index (χ1v) is 40.7. The van der Waals surface area contributed by atoms with Crippen LogP contribution < -0.4 is 15.7 Å². The lowest BCUT2D eigenvalue weighted by molar-refractivity contribution is 0.426. The fraction of sp³-hybridized carbons (Fsp3) is 0. The number of benzene rings is 20. The molecule has 0 aliphatic rings. The van der Waals surface area contributed by atoms with Gasteiger partial charge in [-0.15, -0.1) is 0 Å². The molecule has 6 nitrogen and oxygen atoms in total. The summed E-state index contributed by atoms with van der Waals surface area (Å²) in [5, 5.41) is 41.5. The molecule has 564 valence electrons. The van der Waals surface area contributed by atoms with Crippen LogP contribution in [0.3, 0.4) is 0 Å².